The summed E-state index contributed by atoms with van der Waals surface area (Å²) >= 11 is 0. The number of hydrogen-bond donors (Lipinski definition) is 1. The molecule has 1 rings (SSSR count). The normalized spacial score (nSPS) is 11.0. The Kier molecular flexibility index (Phi) is 7.69. The van der Waals surface area contributed by atoms with Gasteiger partial charge in [-0.15, -0.1) is 0 Å². The molecule has 0 saturated carbocycles. The van der Waals surface area contributed by atoms with E-state index in [2.05, 4.69) is 43.4 Å². The highest BCUT2D eigenvalue weighted by Gasteiger charge is 1.94. The summed E-state index contributed by atoms with van der Waals surface area (Å²) in [6, 6.07) is 10.3. The lowest BCUT2D eigenvalue weighted by Gasteiger charge is -2.07. The van der Waals surface area contributed by atoms with Crippen LogP contribution < -0.4 is 5.32 Å². The molecule has 1 N–H and O–H groups in total. The fourth-order valence-electron chi connectivity index (χ4n) is 1.61. The first-order chi connectivity index (χ1) is 8.29. The van der Waals surface area contributed by atoms with E-state index >= 15 is 0 Å². The Morgan fingerprint density at radius 3 is 2.59 bits per heavy atom. The molecule has 0 bridgehead atoms. The van der Waals surface area contributed by atoms with Crippen molar-refractivity contribution in [3.8, 4) is 0 Å². The fraction of sp³-hybridized carbons (Fsp3) is 0.600. The van der Waals surface area contributed by atoms with E-state index in [-0.39, 0.29) is 0 Å². The maximum Gasteiger partial charge on any atom is 0.0716 e. The van der Waals surface area contributed by atoms with Crippen molar-refractivity contribution in [2.75, 3.05) is 19.7 Å². The number of unbranched alkanes of at least 4 members (excludes halogenated alkanes) is 1. The van der Waals surface area contributed by atoms with Crippen molar-refractivity contribution in [2.24, 2.45) is 5.92 Å². The third-order valence-electron chi connectivity index (χ3n) is 2.56. The summed E-state index contributed by atoms with van der Waals surface area (Å²) in [6.07, 6.45) is 2.33. The van der Waals surface area contributed by atoms with E-state index < -0.39 is 0 Å². The zero-order valence-corrected chi connectivity index (χ0v) is 11.1. The van der Waals surface area contributed by atoms with Crippen LogP contribution in [0.25, 0.3) is 0 Å². The Labute approximate surface area is 105 Å². The summed E-state index contributed by atoms with van der Waals surface area (Å²) in [5.74, 6) is 0.740. The van der Waals surface area contributed by atoms with Crippen LogP contribution in [0.4, 0.5) is 0 Å². The van der Waals surface area contributed by atoms with Crippen LogP contribution in [0.3, 0.4) is 0 Å². The van der Waals surface area contributed by atoms with Crippen molar-refractivity contribution < 1.29 is 4.74 Å². The second kappa shape index (κ2) is 9.20. The molecule has 0 amide bonds. The first-order valence-corrected chi connectivity index (χ1v) is 6.61. The Hall–Kier alpha value is -0.860. The largest absolute Gasteiger partial charge is 0.377 e. The molecule has 0 saturated heterocycles. The van der Waals surface area contributed by atoms with Crippen LogP contribution >= 0.6 is 0 Å². The standard InChI is InChI=1S/C15H25NO/c1-14(2)12-16-10-6-7-11-17-13-15-8-4-3-5-9-15/h3-5,8-9,14,16H,6-7,10-13H2,1-2H3. The van der Waals surface area contributed by atoms with Crippen LogP contribution in [0.1, 0.15) is 32.3 Å². The van der Waals surface area contributed by atoms with E-state index in [9.17, 15) is 0 Å². The lowest BCUT2D eigenvalue weighted by Crippen LogP contribution is -2.20. The Bertz CT molecular complexity index is 272. The number of benzene rings is 1. The van der Waals surface area contributed by atoms with Crippen molar-refractivity contribution in [1.82, 2.24) is 5.32 Å². The molecule has 2 heteroatoms. The maximum absolute atomic E-state index is 5.62. The second-order valence-electron chi connectivity index (χ2n) is 4.84. The zero-order chi connectivity index (χ0) is 12.3. The quantitative estimate of drug-likeness (QED) is 0.664. The summed E-state index contributed by atoms with van der Waals surface area (Å²) in [5, 5.41) is 3.44. The Morgan fingerprint density at radius 1 is 1.12 bits per heavy atom. The zero-order valence-electron chi connectivity index (χ0n) is 11.1. The first-order valence-electron chi connectivity index (χ1n) is 6.61. The fourth-order valence-corrected chi connectivity index (χ4v) is 1.61. The summed E-state index contributed by atoms with van der Waals surface area (Å²) in [5.41, 5.74) is 1.26. The van der Waals surface area contributed by atoms with Crippen molar-refractivity contribution >= 4 is 0 Å². The third kappa shape index (κ3) is 7.94. The van der Waals surface area contributed by atoms with Crippen molar-refractivity contribution in [3.05, 3.63) is 35.9 Å². The predicted octanol–water partition coefficient (Wildman–Crippen LogP) is 3.23. The van der Waals surface area contributed by atoms with Gasteiger partial charge in [-0.2, -0.15) is 0 Å². The molecule has 17 heavy (non-hydrogen) atoms. The van der Waals surface area contributed by atoms with Crippen molar-refractivity contribution in [3.63, 3.8) is 0 Å². The average molecular weight is 235 g/mol. The molecule has 0 radical (unpaired) electrons. The summed E-state index contributed by atoms with van der Waals surface area (Å²) < 4.78 is 5.62. The average Bonchev–Trinajstić information content (AvgIpc) is 2.33. The highest BCUT2D eigenvalue weighted by molar-refractivity contribution is 5.13. The van der Waals surface area contributed by atoms with Crippen LogP contribution in [0.5, 0.6) is 0 Å². The van der Waals surface area contributed by atoms with Crippen LogP contribution in [-0.4, -0.2) is 19.7 Å². The highest BCUT2D eigenvalue weighted by Crippen LogP contribution is 2.01. The van der Waals surface area contributed by atoms with E-state index in [1.54, 1.807) is 0 Å². The van der Waals surface area contributed by atoms with Gasteiger partial charge in [0.25, 0.3) is 0 Å². The molecule has 0 aliphatic rings. The number of hydrogen-bond acceptors (Lipinski definition) is 2. The van der Waals surface area contributed by atoms with E-state index in [1.807, 2.05) is 6.07 Å². The van der Waals surface area contributed by atoms with Gasteiger partial charge < -0.3 is 10.1 Å². The lowest BCUT2D eigenvalue weighted by atomic mass is 10.2. The van der Waals surface area contributed by atoms with Gasteiger partial charge in [0.15, 0.2) is 0 Å². The van der Waals surface area contributed by atoms with Crippen LogP contribution in [0.2, 0.25) is 0 Å². The molecule has 96 valence electrons. The maximum atomic E-state index is 5.62. The molecule has 0 aliphatic heterocycles. The van der Waals surface area contributed by atoms with Gasteiger partial charge in [-0.25, -0.2) is 0 Å². The van der Waals surface area contributed by atoms with Crippen LogP contribution in [-0.2, 0) is 11.3 Å². The predicted molar refractivity (Wildman–Crippen MR) is 73.0 cm³/mol. The summed E-state index contributed by atoms with van der Waals surface area (Å²) in [4.78, 5) is 0. The molecular weight excluding hydrogens is 210 g/mol. The Morgan fingerprint density at radius 2 is 1.88 bits per heavy atom. The summed E-state index contributed by atoms with van der Waals surface area (Å²) in [6.45, 7) is 8.28. The molecule has 1 aromatic rings. The molecule has 0 unspecified atom stereocenters. The molecule has 2 nitrogen and oxygen atoms in total. The molecule has 0 atom stereocenters. The van der Waals surface area contributed by atoms with Crippen LogP contribution in [0, 0.1) is 5.92 Å². The molecule has 0 fully saturated rings. The van der Waals surface area contributed by atoms with Gasteiger partial charge in [-0.1, -0.05) is 44.2 Å². The number of ether oxygens (including phenoxy) is 1. The van der Waals surface area contributed by atoms with Gasteiger partial charge in [0.2, 0.25) is 0 Å². The van der Waals surface area contributed by atoms with E-state index in [0.717, 1.165) is 38.6 Å². The first kappa shape index (κ1) is 14.2. The minimum atomic E-state index is 0.736. The van der Waals surface area contributed by atoms with Crippen molar-refractivity contribution in [1.29, 1.82) is 0 Å². The number of rotatable bonds is 9. The van der Waals surface area contributed by atoms with E-state index in [4.69, 9.17) is 4.74 Å². The minimum absolute atomic E-state index is 0.736. The minimum Gasteiger partial charge on any atom is -0.377 e. The van der Waals surface area contributed by atoms with Gasteiger partial charge in [0, 0.05) is 6.61 Å². The van der Waals surface area contributed by atoms with Gasteiger partial charge in [-0.05, 0) is 37.4 Å². The monoisotopic (exact) mass is 235 g/mol. The second-order valence-corrected chi connectivity index (χ2v) is 4.84. The molecular formula is C15H25NO. The lowest BCUT2D eigenvalue weighted by molar-refractivity contribution is 0.117. The SMILES string of the molecule is CC(C)CNCCCCOCc1ccccc1. The molecule has 0 spiro atoms. The molecule has 0 aromatic heterocycles. The van der Waals surface area contributed by atoms with Crippen molar-refractivity contribution in [2.45, 2.75) is 33.3 Å². The Balaban J connectivity index is 1.88. The highest BCUT2D eigenvalue weighted by atomic mass is 16.5. The molecule has 0 heterocycles. The van der Waals surface area contributed by atoms with Gasteiger partial charge in [0.1, 0.15) is 0 Å². The third-order valence-corrected chi connectivity index (χ3v) is 2.56. The van der Waals surface area contributed by atoms with E-state index in [1.165, 1.54) is 12.0 Å². The number of nitrogens with one attached hydrogen (secondary N) is 1. The van der Waals surface area contributed by atoms with Gasteiger partial charge in [0.05, 0.1) is 6.61 Å². The summed E-state index contributed by atoms with van der Waals surface area (Å²) in [7, 11) is 0. The van der Waals surface area contributed by atoms with Gasteiger partial charge in [-0.3, -0.25) is 0 Å². The topological polar surface area (TPSA) is 21.3 Å². The van der Waals surface area contributed by atoms with E-state index in [0.29, 0.717) is 0 Å². The molecule has 1 aromatic carbocycles. The van der Waals surface area contributed by atoms with Crippen LogP contribution in [0.15, 0.2) is 30.3 Å². The van der Waals surface area contributed by atoms with Gasteiger partial charge >= 0.3 is 0 Å². The molecule has 0 aliphatic carbocycles. The smallest absolute Gasteiger partial charge is 0.0716 e.